The Bertz CT molecular complexity index is 652. The molecule has 6 heteroatoms. The van der Waals surface area contributed by atoms with Gasteiger partial charge in [0.15, 0.2) is 5.78 Å². The minimum atomic E-state index is -0.395. The van der Waals surface area contributed by atoms with Crippen LogP contribution in [0.1, 0.15) is 40.8 Å². The van der Waals surface area contributed by atoms with Crippen LogP contribution in [-0.4, -0.2) is 16.7 Å². The van der Waals surface area contributed by atoms with Crippen LogP contribution in [0.2, 0.25) is 5.02 Å². The van der Waals surface area contributed by atoms with Crippen molar-refractivity contribution in [2.24, 2.45) is 0 Å². The van der Waals surface area contributed by atoms with Crippen LogP contribution in [0.15, 0.2) is 29.6 Å². The molecule has 0 N–H and O–H groups in total. The fourth-order valence-electron chi connectivity index (χ4n) is 1.80. The summed E-state index contributed by atoms with van der Waals surface area (Å²) >= 11 is 7.32. The Kier molecular flexibility index (Phi) is 6.10. The van der Waals surface area contributed by atoms with Crippen LogP contribution >= 0.6 is 22.9 Å². The van der Waals surface area contributed by atoms with E-state index in [9.17, 15) is 9.59 Å². The molecule has 22 heavy (non-hydrogen) atoms. The van der Waals surface area contributed by atoms with Gasteiger partial charge in [-0.15, -0.1) is 11.3 Å². The van der Waals surface area contributed by atoms with Crippen LogP contribution in [0.5, 0.6) is 0 Å². The van der Waals surface area contributed by atoms with E-state index in [-0.39, 0.29) is 25.2 Å². The second kappa shape index (κ2) is 8.06. The van der Waals surface area contributed by atoms with Crippen LogP contribution < -0.4 is 0 Å². The first-order chi connectivity index (χ1) is 10.6. The first-order valence-electron chi connectivity index (χ1n) is 6.96. The Morgan fingerprint density at radius 3 is 2.59 bits per heavy atom. The van der Waals surface area contributed by atoms with E-state index in [1.165, 1.54) is 0 Å². The van der Waals surface area contributed by atoms with Gasteiger partial charge in [-0.3, -0.25) is 9.59 Å². The Balaban J connectivity index is 1.75. The molecule has 1 heterocycles. The van der Waals surface area contributed by atoms with Crippen LogP contribution in [0.25, 0.3) is 0 Å². The fraction of sp³-hybridized carbons (Fsp3) is 0.312. The van der Waals surface area contributed by atoms with Gasteiger partial charge in [0.1, 0.15) is 6.61 Å². The minimum absolute atomic E-state index is 0.0617. The molecular weight excluding hydrogens is 322 g/mol. The summed E-state index contributed by atoms with van der Waals surface area (Å²) in [6.07, 6.45) is 1.05. The zero-order valence-corrected chi connectivity index (χ0v) is 13.7. The third-order valence-corrected chi connectivity index (χ3v) is 4.30. The average Bonchev–Trinajstić information content (AvgIpc) is 2.99. The van der Waals surface area contributed by atoms with E-state index in [1.54, 1.807) is 35.6 Å². The van der Waals surface area contributed by atoms with Gasteiger partial charge in [0, 0.05) is 22.4 Å². The van der Waals surface area contributed by atoms with Crippen molar-refractivity contribution in [3.05, 3.63) is 50.9 Å². The highest BCUT2D eigenvalue weighted by molar-refractivity contribution is 7.09. The number of benzene rings is 1. The maximum absolute atomic E-state index is 11.9. The molecule has 0 atom stereocenters. The van der Waals surface area contributed by atoms with Gasteiger partial charge in [-0.05, 0) is 30.7 Å². The molecule has 0 amide bonds. The summed E-state index contributed by atoms with van der Waals surface area (Å²) in [4.78, 5) is 27.9. The predicted molar refractivity (Wildman–Crippen MR) is 86.3 cm³/mol. The molecule has 0 saturated heterocycles. The zero-order chi connectivity index (χ0) is 15.9. The molecule has 2 rings (SSSR count). The van der Waals surface area contributed by atoms with Crippen LogP contribution in [0, 0.1) is 0 Å². The van der Waals surface area contributed by atoms with Crippen molar-refractivity contribution in [2.75, 3.05) is 0 Å². The highest BCUT2D eigenvalue weighted by atomic mass is 35.5. The molecule has 116 valence electrons. The lowest BCUT2D eigenvalue weighted by atomic mass is 10.1. The summed E-state index contributed by atoms with van der Waals surface area (Å²) in [5, 5.41) is 3.47. The van der Waals surface area contributed by atoms with E-state index in [0.29, 0.717) is 10.6 Å². The Morgan fingerprint density at radius 1 is 1.23 bits per heavy atom. The second-order valence-electron chi connectivity index (χ2n) is 4.68. The zero-order valence-electron chi connectivity index (χ0n) is 12.2. The molecule has 2 aromatic rings. The van der Waals surface area contributed by atoms with Gasteiger partial charge < -0.3 is 4.74 Å². The lowest BCUT2D eigenvalue weighted by Crippen LogP contribution is -2.08. The maximum Gasteiger partial charge on any atom is 0.306 e. The molecule has 0 fully saturated rings. The summed E-state index contributed by atoms with van der Waals surface area (Å²) in [7, 11) is 0. The molecule has 0 bridgehead atoms. The molecule has 0 aliphatic rings. The van der Waals surface area contributed by atoms with Crippen LogP contribution in [0.3, 0.4) is 0 Å². The highest BCUT2D eigenvalue weighted by Crippen LogP contribution is 2.13. The molecule has 0 unspecified atom stereocenters. The van der Waals surface area contributed by atoms with E-state index in [0.717, 1.165) is 17.1 Å². The highest BCUT2D eigenvalue weighted by Gasteiger charge is 2.11. The van der Waals surface area contributed by atoms with Gasteiger partial charge in [0.05, 0.1) is 17.1 Å². The van der Waals surface area contributed by atoms with Crippen molar-refractivity contribution in [3.63, 3.8) is 0 Å². The number of nitrogens with zero attached hydrogens (tertiary/aromatic N) is 1. The van der Waals surface area contributed by atoms with Crippen molar-refractivity contribution in [1.29, 1.82) is 0 Å². The first kappa shape index (κ1) is 16.6. The van der Waals surface area contributed by atoms with Crippen molar-refractivity contribution >= 4 is 34.7 Å². The number of hydrogen-bond donors (Lipinski definition) is 0. The molecule has 0 aliphatic heterocycles. The van der Waals surface area contributed by atoms with E-state index in [1.807, 2.05) is 12.3 Å². The molecule has 1 aromatic heterocycles. The number of esters is 1. The number of aryl methyl sites for hydroxylation is 1. The topological polar surface area (TPSA) is 56.3 Å². The molecular formula is C16H16ClNO3S. The summed E-state index contributed by atoms with van der Waals surface area (Å²) in [6, 6.07) is 6.61. The molecule has 0 saturated carbocycles. The van der Waals surface area contributed by atoms with E-state index in [2.05, 4.69) is 4.98 Å². The second-order valence-corrected chi connectivity index (χ2v) is 6.06. The smallest absolute Gasteiger partial charge is 0.306 e. The van der Waals surface area contributed by atoms with Crippen LogP contribution in [0.4, 0.5) is 0 Å². The average molecular weight is 338 g/mol. The molecule has 0 radical (unpaired) electrons. The van der Waals surface area contributed by atoms with Crippen molar-refractivity contribution < 1.29 is 14.3 Å². The molecule has 4 nitrogen and oxygen atoms in total. The number of carbonyl (C=O) groups is 2. The van der Waals surface area contributed by atoms with E-state index < -0.39 is 5.97 Å². The fourth-order valence-corrected chi connectivity index (χ4v) is 2.66. The Morgan fingerprint density at radius 2 is 1.95 bits per heavy atom. The number of thiazole rings is 1. The lowest BCUT2D eigenvalue weighted by Gasteiger charge is -2.03. The number of rotatable bonds is 7. The minimum Gasteiger partial charge on any atom is -0.459 e. The monoisotopic (exact) mass is 337 g/mol. The predicted octanol–water partition coefficient (Wildman–Crippen LogP) is 4.07. The van der Waals surface area contributed by atoms with Crippen molar-refractivity contribution in [3.8, 4) is 0 Å². The van der Waals surface area contributed by atoms with Gasteiger partial charge in [-0.1, -0.05) is 18.5 Å². The van der Waals surface area contributed by atoms with Gasteiger partial charge in [-0.25, -0.2) is 4.98 Å². The summed E-state index contributed by atoms with van der Waals surface area (Å²) in [6.45, 7) is 2.18. The van der Waals surface area contributed by atoms with E-state index >= 15 is 0 Å². The normalized spacial score (nSPS) is 10.5. The van der Waals surface area contributed by atoms with Gasteiger partial charge >= 0.3 is 5.97 Å². The number of halogens is 1. The third kappa shape index (κ3) is 4.93. The Labute approximate surface area is 138 Å². The largest absolute Gasteiger partial charge is 0.459 e. The molecule has 0 spiro atoms. The summed E-state index contributed by atoms with van der Waals surface area (Å²) in [5.74, 6) is -0.496. The quantitative estimate of drug-likeness (QED) is 0.564. The number of ether oxygens (including phenoxy) is 1. The van der Waals surface area contributed by atoms with Gasteiger partial charge in [0.25, 0.3) is 0 Å². The van der Waals surface area contributed by atoms with E-state index in [4.69, 9.17) is 16.3 Å². The molecule has 1 aromatic carbocycles. The number of hydrogen-bond acceptors (Lipinski definition) is 5. The number of ketones is 1. The third-order valence-electron chi connectivity index (χ3n) is 3.01. The number of Topliss-reactive ketones (excluding diaryl/α,β-unsaturated/α-hetero) is 1. The number of carbonyl (C=O) groups excluding carboxylic acids is 2. The van der Waals surface area contributed by atoms with Gasteiger partial charge in [0.2, 0.25) is 0 Å². The number of aromatic nitrogens is 1. The lowest BCUT2D eigenvalue weighted by molar-refractivity contribution is -0.145. The Hall–Kier alpha value is -1.72. The standard InChI is InChI=1S/C16H16ClNO3S/c1-2-15-18-13(10-22-15)9-21-16(20)8-7-14(19)11-3-5-12(17)6-4-11/h3-6,10H,2,7-9H2,1H3. The molecule has 0 aliphatic carbocycles. The first-order valence-corrected chi connectivity index (χ1v) is 8.22. The maximum atomic E-state index is 11.9. The van der Waals surface area contributed by atoms with Gasteiger partial charge in [-0.2, -0.15) is 0 Å². The summed E-state index contributed by atoms with van der Waals surface area (Å²) in [5.41, 5.74) is 1.29. The van der Waals surface area contributed by atoms with Crippen LogP contribution in [-0.2, 0) is 22.6 Å². The van der Waals surface area contributed by atoms with Crippen molar-refractivity contribution in [1.82, 2.24) is 4.98 Å². The summed E-state index contributed by atoms with van der Waals surface area (Å²) < 4.78 is 5.12. The SMILES string of the molecule is CCc1nc(COC(=O)CCC(=O)c2ccc(Cl)cc2)cs1. The van der Waals surface area contributed by atoms with Crippen molar-refractivity contribution in [2.45, 2.75) is 32.8 Å².